The quantitative estimate of drug-likeness (QED) is 0.298. The number of fused-ring (bicyclic) bond motifs is 1. The Morgan fingerprint density at radius 2 is 2.24 bits per heavy atom. The molecule has 0 aliphatic carbocycles. The van der Waals surface area contributed by atoms with Gasteiger partial charge in [-0.05, 0) is 31.0 Å². The predicted octanol–water partition coefficient (Wildman–Crippen LogP) is 2.07. The number of hydrogen-bond acceptors (Lipinski definition) is 5. The molecule has 0 spiro atoms. The third-order valence-electron chi connectivity index (χ3n) is 4.80. The second-order valence-corrected chi connectivity index (χ2v) is 6.87. The van der Waals surface area contributed by atoms with Crippen LogP contribution >= 0.6 is 24.0 Å². The highest BCUT2D eigenvalue weighted by atomic mass is 127. The van der Waals surface area contributed by atoms with Crippen molar-refractivity contribution in [2.24, 2.45) is 4.99 Å². The van der Waals surface area contributed by atoms with Crippen LogP contribution < -0.4 is 15.4 Å². The molecule has 2 heterocycles. The molecule has 1 aromatic carbocycles. The molecular formula is C20H31IN6O2. The van der Waals surface area contributed by atoms with E-state index in [1.54, 1.807) is 7.11 Å². The normalized spacial score (nSPS) is 17.1. The minimum atomic E-state index is -0.689. The molecule has 3 N–H and O–H groups in total. The van der Waals surface area contributed by atoms with Gasteiger partial charge in [-0.25, -0.2) is 9.67 Å². The van der Waals surface area contributed by atoms with Crippen LogP contribution in [0.1, 0.15) is 43.6 Å². The molecule has 0 saturated carbocycles. The van der Waals surface area contributed by atoms with Crippen LogP contribution in [0, 0.1) is 0 Å². The number of aliphatic hydroxyl groups is 1. The number of halogens is 1. The topological polar surface area (TPSA) is 96.6 Å². The highest BCUT2D eigenvalue weighted by Crippen LogP contribution is 2.19. The van der Waals surface area contributed by atoms with E-state index < -0.39 is 6.10 Å². The molecule has 1 aliphatic rings. The van der Waals surface area contributed by atoms with Crippen LogP contribution in [0.4, 0.5) is 0 Å². The lowest BCUT2D eigenvalue weighted by atomic mass is 10.1. The van der Waals surface area contributed by atoms with Gasteiger partial charge in [0.25, 0.3) is 0 Å². The molecule has 2 aromatic rings. The Balaban J connectivity index is 0.00000300. The fourth-order valence-electron chi connectivity index (χ4n) is 3.27. The Bertz CT molecular complexity index is 810. The summed E-state index contributed by atoms with van der Waals surface area (Å²) < 4.78 is 7.22. The first-order chi connectivity index (χ1) is 13.6. The maximum absolute atomic E-state index is 10.5. The van der Waals surface area contributed by atoms with Crippen LogP contribution in [0.5, 0.6) is 5.75 Å². The van der Waals surface area contributed by atoms with Crippen molar-refractivity contribution in [1.29, 1.82) is 0 Å². The van der Waals surface area contributed by atoms with Crippen molar-refractivity contribution in [3.63, 3.8) is 0 Å². The van der Waals surface area contributed by atoms with Crippen LogP contribution in [-0.4, -0.2) is 52.1 Å². The summed E-state index contributed by atoms with van der Waals surface area (Å²) in [6, 6.07) is 7.66. The van der Waals surface area contributed by atoms with Gasteiger partial charge in [-0.15, -0.1) is 24.0 Å². The minimum absolute atomic E-state index is 0. The lowest BCUT2D eigenvalue weighted by Gasteiger charge is -2.25. The van der Waals surface area contributed by atoms with Gasteiger partial charge in [-0.3, -0.25) is 4.99 Å². The summed E-state index contributed by atoms with van der Waals surface area (Å²) in [5, 5.41) is 21.8. The molecule has 8 nitrogen and oxygen atoms in total. The second-order valence-electron chi connectivity index (χ2n) is 6.87. The van der Waals surface area contributed by atoms with Crippen molar-refractivity contribution in [1.82, 2.24) is 25.4 Å². The van der Waals surface area contributed by atoms with Gasteiger partial charge in [0.15, 0.2) is 11.8 Å². The zero-order valence-corrected chi connectivity index (χ0v) is 19.6. The summed E-state index contributed by atoms with van der Waals surface area (Å²) in [7, 11) is 1.62. The molecule has 0 fully saturated rings. The zero-order valence-electron chi connectivity index (χ0n) is 17.3. The van der Waals surface area contributed by atoms with Gasteiger partial charge < -0.3 is 20.5 Å². The van der Waals surface area contributed by atoms with Crippen LogP contribution in [0.3, 0.4) is 0 Å². The fourth-order valence-corrected chi connectivity index (χ4v) is 3.27. The highest BCUT2D eigenvalue weighted by Gasteiger charge is 2.22. The lowest BCUT2D eigenvalue weighted by molar-refractivity contribution is 0.186. The van der Waals surface area contributed by atoms with Gasteiger partial charge in [0.2, 0.25) is 0 Å². The maximum Gasteiger partial charge on any atom is 0.191 e. The molecule has 9 heteroatoms. The SMILES string of the molecule is CCNC(=NCC(O)c1cccc(OC)c1)NC1CCc2nc(CC)nn2C1.I. The number of aliphatic imine (C=N–C) groups is 1. The molecule has 1 aliphatic heterocycles. The Morgan fingerprint density at radius 3 is 2.97 bits per heavy atom. The van der Waals surface area contributed by atoms with E-state index >= 15 is 0 Å². The van der Waals surface area contributed by atoms with Crippen molar-refractivity contribution >= 4 is 29.9 Å². The molecule has 0 bridgehead atoms. The number of hydrogen-bond donors (Lipinski definition) is 3. The number of benzene rings is 1. The molecule has 0 saturated heterocycles. The monoisotopic (exact) mass is 514 g/mol. The van der Waals surface area contributed by atoms with Crippen LogP contribution in [-0.2, 0) is 19.4 Å². The van der Waals surface area contributed by atoms with E-state index in [0.29, 0.717) is 5.96 Å². The van der Waals surface area contributed by atoms with E-state index in [1.165, 1.54) is 0 Å². The van der Waals surface area contributed by atoms with E-state index in [9.17, 15) is 5.11 Å². The van der Waals surface area contributed by atoms with Crippen LogP contribution in [0.15, 0.2) is 29.3 Å². The van der Waals surface area contributed by atoms with E-state index in [0.717, 1.165) is 55.3 Å². The Hall–Kier alpha value is -1.88. The number of methoxy groups -OCH3 is 1. The van der Waals surface area contributed by atoms with Crippen LogP contribution in [0.2, 0.25) is 0 Å². The third kappa shape index (κ3) is 6.30. The first-order valence-electron chi connectivity index (χ1n) is 9.92. The van der Waals surface area contributed by atoms with E-state index in [2.05, 4.69) is 32.6 Å². The van der Waals surface area contributed by atoms with Crippen molar-refractivity contribution in [2.45, 2.75) is 51.8 Å². The zero-order chi connectivity index (χ0) is 19.9. The number of aryl methyl sites for hydroxylation is 2. The van der Waals surface area contributed by atoms with Crippen molar-refractivity contribution in [2.75, 3.05) is 20.2 Å². The van der Waals surface area contributed by atoms with Gasteiger partial charge in [-0.2, -0.15) is 5.10 Å². The number of aliphatic hydroxyl groups excluding tert-OH is 1. The number of ether oxygens (including phenoxy) is 1. The van der Waals surface area contributed by atoms with Crippen LogP contribution in [0.25, 0.3) is 0 Å². The van der Waals surface area contributed by atoms with Crippen molar-refractivity contribution in [3.8, 4) is 5.75 Å². The first-order valence-corrected chi connectivity index (χ1v) is 9.92. The Morgan fingerprint density at radius 1 is 1.41 bits per heavy atom. The molecule has 2 unspecified atom stereocenters. The minimum Gasteiger partial charge on any atom is -0.497 e. The molecule has 0 amide bonds. The van der Waals surface area contributed by atoms with Crippen molar-refractivity contribution in [3.05, 3.63) is 41.5 Å². The van der Waals surface area contributed by atoms with Gasteiger partial charge in [0.05, 0.1) is 26.3 Å². The van der Waals surface area contributed by atoms with E-state index in [-0.39, 0.29) is 36.6 Å². The summed E-state index contributed by atoms with van der Waals surface area (Å²) in [4.78, 5) is 9.14. The molecule has 3 rings (SSSR count). The second kappa shape index (κ2) is 11.3. The van der Waals surface area contributed by atoms with E-state index in [4.69, 9.17) is 4.74 Å². The number of nitrogens with one attached hydrogen (secondary N) is 2. The summed E-state index contributed by atoms with van der Waals surface area (Å²) in [6.07, 6.45) is 2.04. The highest BCUT2D eigenvalue weighted by molar-refractivity contribution is 14.0. The Labute approximate surface area is 189 Å². The lowest BCUT2D eigenvalue weighted by Crippen LogP contribution is -2.47. The largest absolute Gasteiger partial charge is 0.497 e. The first kappa shape index (κ1) is 23.4. The molecule has 0 radical (unpaired) electrons. The summed E-state index contributed by atoms with van der Waals surface area (Å²) in [5.74, 6) is 3.39. The number of rotatable bonds is 7. The standard InChI is InChI=1S/C20H30N6O2.HI/c1-4-18-24-19-10-9-15(13-26(19)25-18)23-20(21-5-2)22-12-17(27)14-7-6-8-16(11-14)28-3;/h6-8,11,15,17,27H,4-5,9-10,12-13H2,1-3H3,(H2,21,22,23);1H. The predicted molar refractivity (Wildman–Crippen MR) is 124 cm³/mol. The fraction of sp³-hybridized carbons (Fsp3) is 0.550. The van der Waals surface area contributed by atoms with Gasteiger partial charge in [0.1, 0.15) is 11.6 Å². The van der Waals surface area contributed by atoms with Crippen molar-refractivity contribution < 1.29 is 9.84 Å². The summed E-state index contributed by atoms with van der Waals surface area (Å²) in [5.41, 5.74) is 0.788. The summed E-state index contributed by atoms with van der Waals surface area (Å²) in [6.45, 7) is 5.89. The number of nitrogens with zero attached hydrogens (tertiary/aromatic N) is 4. The van der Waals surface area contributed by atoms with Gasteiger partial charge in [0, 0.05) is 25.4 Å². The van der Waals surface area contributed by atoms with E-state index in [1.807, 2.05) is 35.9 Å². The molecule has 2 atom stereocenters. The Kier molecular flexibility index (Phi) is 9.15. The number of guanidine groups is 1. The summed E-state index contributed by atoms with van der Waals surface area (Å²) >= 11 is 0. The average molecular weight is 514 g/mol. The maximum atomic E-state index is 10.5. The molecule has 29 heavy (non-hydrogen) atoms. The molecule has 1 aromatic heterocycles. The third-order valence-corrected chi connectivity index (χ3v) is 4.80. The average Bonchev–Trinajstić information content (AvgIpc) is 3.14. The van der Waals surface area contributed by atoms with Gasteiger partial charge in [-0.1, -0.05) is 19.1 Å². The van der Waals surface area contributed by atoms with Gasteiger partial charge >= 0.3 is 0 Å². The molecular weight excluding hydrogens is 483 g/mol. The smallest absolute Gasteiger partial charge is 0.191 e. The molecule has 160 valence electrons. The number of aromatic nitrogens is 3.